The lowest BCUT2D eigenvalue weighted by Gasteiger charge is -2.26. The normalized spacial score (nSPS) is 17.6. The van der Waals surface area contributed by atoms with Gasteiger partial charge < -0.3 is 20.7 Å². The number of methoxy groups -OCH3 is 1. The lowest BCUT2D eigenvalue weighted by molar-refractivity contribution is -0.116. The Hall–Kier alpha value is -2.08. The zero-order valence-corrected chi connectivity index (χ0v) is 13.2. The molecule has 1 aliphatic heterocycles. The molecule has 3 N–H and O–H groups in total. The van der Waals surface area contributed by atoms with Crippen molar-refractivity contribution >= 4 is 17.6 Å². The highest BCUT2D eigenvalue weighted by Gasteiger charge is 2.24. The van der Waals surface area contributed by atoms with Gasteiger partial charge in [-0.3, -0.25) is 9.79 Å². The minimum Gasteiger partial charge on any atom is -0.385 e. The second-order valence-corrected chi connectivity index (χ2v) is 5.26. The summed E-state index contributed by atoms with van der Waals surface area (Å²) in [6.45, 7) is 2.20. The van der Waals surface area contributed by atoms with Crippen molar-refractivity contribution in [3.63, 3.8) is 0 Å². The van der Waals surface area contributed by atoms with Crippen LogP contribution in [0, 0.1) is 0 Å². The van der Waals surface area contributed by atoms with Gasteiger partial charge in [0.15, 0.2) is 5.96 Å². The van der Waals surface area contributed by atoms with Gasteiger partial charge >= 0.3 is 0 Å². The molecule has 6 heteroatoms. The smallest absolute Gasteiger partial charge is 0.225 e. The quantitative estimate of drug-likeness (QED) is 0.421. The van der Waals surface area contributed by atoms with Gasteiger partial charge in [-0.15, -0.1) is 0 Å². The van der Waals surface area contributed by atoms with E-state index in [4.69, 9.17) is 4.74 Å². The van der Waals surface area contributed by atoms with E-state index < -0.39 is 0 Å². The van der Waals surface area contributed by atoms with Crippen molar-refractivity contribution in [2.75, 3.05) is 39.2 Å². The molecule has 0 bridgehead atoms. The highest BCUT2D eigenvalue weighted by atomic mass is 16.5. The fraction of sp³-hybridized carbons (Fsp3) is 0.500. The predicted octanol–water partition coefficient (Wildman–Crippen LogP) is 1.31. The summed E-state index contributed by atoms with van der Waals surface area (Å²) in [5.41, 5.74) is 2.08. The van der Waals surface area contributed by atoms with Crippen LogP contribution in [0.25, 0.3) is 0 Å². The molecule has 2 rings (SSSR count). The van der Waals surface area contributed by atoms with Crippen molar-refractivity contribution in [3.8, 4) is 0 Å². The number of hydrogen-bond acceptors (Lipinski definition) is 3. The van der Waals surface area contributed by atoms with Gasteiger partial charge in [0.25, 0.3) is 0 Å². The molecule has 120 valence electrons. The average Bonchev–Trinajstić information content (AvgIpc) is 2.54. The number of guanidine groups is 1. The topological polar surface area (TPSA) is 74.8 Å². The third kappa shape index (κ3) is 4.46. The monoisotopic (exact) mass is 304 g/mol. The lowest BCUT2D eigenvalue weighted by atomic mass is 9.90. The van der Waals surface area contributed by atoms with Crippen LogP contribution in [-0.4, -0.2) is 45.7 Å². The molecule has 1 amide bonds. The number of fused-ring (bicyclic) bond motifs is 1. The van der Waals surface area contributed by atoms with Crippen molar-refractivity contribution in [2.45, 2.75) is 18.8 Å². The summed E-state index contributed by atoms with van der Waals surface area (Å²) in [4.78, 5) is 16.0. The zero-order valence-electron chi connectivity index (χ0n) is 13.2. The predicted molar refractivity (Wildman–Crippen MR) is 88.3 cm³/mol. The molecule has 0 aliphatic carbocycles. The number of ether oxygens (including phenoxy) is 1. The average molecular weight is 304 g/mol. The van der Waals surface area contributed by atoms with E-state index in [1.54, 1.807) is 14.2 Å². The summed E-state index contributed by atoms with van der Waals surface area (Å²) < 4.78 is 5.02. The number of hydrogen-bond donors (Lipinski definition) is 3. The summed E-state index contributed by atoms with van der Waals surface area (Å²) in [6.07, 6.45) is 1.41. The van der Waals surface area contributed by atoms with Crippen LogP contribution < -0.4 is 16.0 Å². The Balaban J connectivity index is 1.89. The first-order valence-corrected chi connectivity index (χ1v) is 7.57. The molecule has 1 heterocycles. The Kier molecular flexibility index (Phi) is 6.21. The Morgan fingerprint density at radius 2 is 2.23 bits per heavy atom. The minimum atomic E-state index is 0.0635. The summed E-state index contributed by atoms with van der Waals surface area (Å²) in [5, 5.41) is 9.45. The van der Waals surface area contributed by atoms with Gasteiger partial charge in [0.05, 0.1) is 0 Å². The van der Waals surface area contributed by atoms with Crippen LogP contribution >= 0.6 is 0 Å². The maximum absolute atomic E-state index is 11.8. The molecular formula is C16H24N4O2. The van der Waals surface area contributed by atoms with Crippen LogP contribution in [0.2, 0.25) is 0 Å². The zero-order chi connectivity index (χ0) is 15.8. The maximum Gasteiger partial charge on any atom is 0.225 e. The largest absolute Gasteiger partial charge is 0.385 e. The van der Waals surface area contributed by atoms with Crippen LogP contribution in [0.4, 0.5) is 5.69 Å². The van der Waals surface area contributed by atoms with Crippen LogP contribution in [0.1, 0.15) is 24.3 Å². The molecular weight excluding hydrogens is 280 g/mol. The Morgan fingerprint density at radius 1 is 1.41 bits per heavy atom. The lowest BCUT2D eigenvalue weighted by Crippen LogP contribution is -2.41. The molecule has 1 aromatic rings. The van der Waals surface area contributed by atoms with Crippen LogP contribution in [0.3, 0.4) is 0 Å². The number of para-hydroxylation sites is 1. The first-order chi connectivity index (χ1) is 10.7. The molecule has 6 nitrogen and oxygen atoms in total. The molecule has 1 atom stereocenters. The summed E-state index contributed by atoms with van der Waals surface area (Å²) in [7, 11) is 3.44. The van der Waals surface area contributed by atoms with Gasteiger partial charge in [-0.25, -0.2) is 0 Å². The molecule has 0 radical (unpaired) electrons. The highest BCUT2D eigenvalue weighted by molar-refractivity contribution is 5.94. The van der Waals surface area contributed by atoms with Gasteiger partial charge in [0.1, 0.15) is 0 Å². The first-order valence-electron chi connectivity index (χ1n) is 7.57. The van der Waals surface area contributed by atoms with Gasteiger partial charge in [-0.1, -0.05) is 18.2 Å². The van der Waals surface area contributed by atoms with E-state index in [1.807, 2.05) is 18.2 Å². The SMILES string of the molecule is CN=C(NCCCOC)NCC1CC(=O)Nc2ccccc21. The highest BCUT2D eigenvalue weighted by Crippen LogP contribution is 2.31. The van der Waals surface area contributed by atoms with Gasteiger partial charge in [-0.2, -0.15) is 0 Å². The number of anilines is 1. The molecule has 1 aliphatic rings. The van der Waals surface area contributed by atoms with E-state index in [0.29, 0.717) is 13.0 Å². The third-order valence-corrected chi connectivity index (χ3v) is 3.66. The Bertz CT molecular complexity index is 531. The van der Waals surface area contributed by atoms with Gasteiger partial charge in [-0.05, 0) is 18.1 Å². The number of amides is 1. The second-order valence-electron chi connectivity index (χ2n) is 5.26. The van der Waals surface area contributed by atoms with Crippen molar-refractivity contribution in [2.24, 2.45) is 4.99 Å². The fourth-order valence-electron chi connectivity index (χ4n) is 2.55. The minimum absolute atomic E-state index is 0.0635. The van der Waals surface area contributed by atoms with Crippen LogP contribution in [0.5, 0.6) is 0 Å². The molecule has 0 fully saturated rings. The fourth-order valence-corrected chi connectivity index (χ4v) is 2.55. The number of nitrogens with zero attached hydrogens (tertiary/aromatic N) is 1. The third-order valence-electron chi connectivity index (χ3n) is 3.66. The number of carbonyl (C=O) groups excluding carboxylic acids is 1. The van der Waals surface area contributed by atoms with Crippen LogP contribution in [0.15, 0.2) is 29.3 Å². The second kappa shape index (κ2) is 8.38. The summed E-state index contributed by atoms with van der Waals surface area (Å²) >= 11 is 0. The number of nitrogens with one attached hydrogen (secondary N) is 3. The van der Waals surface area contributed by atoms with E-state index in [0.717, 1.165) is 31.2 Å². The Morgan fingerprint density at radius 3 is 3.00 bits per heavy atom. The van der Waals surface area contributed by atoms with Gasteiger partial charge in [0.2, 0.25) is 5.91 Å². The van der Waals surface area contributed by atoms with Crippen molar-refractivity contribution in [1.82, 2.24) is 10.6 Å². The van der Waals surface area contributed by atoms with E-state index in [1.165, 1.54) is 5.56 Å². The molecule has 0 aromatic heterocycles. The van der Waals surface area contributed by atoms with E-state index >= 15 is 0 Å². The van der Waals surface area contributed by atoms with E-state index in [9.17, 15) is 4.79 Å². The molecule has 1 aromatic carbocycles. The van der Waals surface area contributed by atoms with Crippen molar-refractivity contribution in [3.05, 3.63) is 29.8 Å². The van der Waals surface area contributed by atoms with Crippen molar-refractivity contribution < 1.29 is 9.53 Å². The number of carbonyl (C=O) groups is 1. The van der Waals surface area contributed by atoms with Gasteiger partial charge in [0, 0.05) is 51.9 Å². The standard InChI is InChI=1S/C16H24N4O2/c1-17-16(18-8-5-9-22-2)19-11-12-10-15(21)20-14-7-4-3-6-13(12)14/h3-4,6-7,12H,5,8-11H2,1-2H3,(H,20,21)(H2,17,18,19). The number of rotatable bonds is 6. The molecule has 0 saturated carbocycles. The number of aliphatic imine (C=N–C) groups is 1. The van der Waals surface area contributed by atoms with Crippen molar-refractivity contribution in [1.29, 1.82) is 0 Å². The Labute approximate surface area is 131 Å². The van der Waals surface area contributed by atoms with Crippen LogP contribution in [-0.2, 0) is 9.53 Å². The number of benzene rings is 1. The molecule has 22 heavy (non-hydrogen) atoms. The summed E-state index contributed by atoms with van der Waals surface area (Å²) in [6, 6.07) is 7.94. The molecule has 1 unspecified atom stereocenters. The van der Waals surface area contributed by atoms with E-state index in [2.05, 4.69) is 27.0 Å². The molecule has 0 spiro atoms. The molecule has 0 saturated heterocycles. The maximum atomic E-state index is 11.8. The first kappa shape index (κ1) is 16.3. The van der Waals surface area contributed by atoms with E-state index in [-0.39, 0.29) is 11.8 Å². The summed E-state index contributed by atoms with van der Waals surface area (Å²) in [5.74, 6) is 0.968.